The first-order valence-electron chi connectivity index (χ1n) is 7.33. The maximum absolute atomic E-state index is 11.2. The van der Waals surface area contributed by atoms with Crippen LogP contribution in [0, 0.1) is 6.92 Å². The van der Waals surface area contributed by atoms with Crippen LogP contribution < -0.4 is 19.5 Å². The van der Waals surface area contributed by atoms with Crippen molar-refractivity contribution in [3.05, 3.63) is 29.8 Å². The summed E-state index contributed by atoms with van der Waals surface area (Å²) in [6.45, 7) is 3.27. The van der Waals surface area contributed by atoms with E-state index in [1.54, 1.807) is 32.4 Å². The second kappa shape index (κ2) is 7.12. The zero-order valence-electron chi connectivity index (χ0n) is 14.4. The molecule has 2 aromatic rings. The van der Waals surface area contributed by atoms with E-state index in [1.165, 1.54) is 14.0 Å². The summed E-state index contributed by atoms with van der Waals surface area (Å²) in [5.74, 6) is 1.26. The van der Waals surface area contributed by atoms with Crippen molar-refractivity contribution in [2.45, 2.75) is 13.8 Å². The van der Waals surface area contributed by atoms with Crippen LogP contribution in [0.1, 0.15) is 12.5 Å². The van der Waals surface area contributed by atoms with Crippen LogP contribution >= 0.6 is 0 Å². The third kappa shape index (κ3) is 3.22. The lowest BCUT2D eigenvalue weighted by Crippen LogP contribution is -2.06. The number of aryl methyl sites for hydroxylation is 1. The molecule has 0 spiro atoms. The van der Waals surface area contributed by atoms with E-state index in [0.717, 1.165) is 16.7 Å². The summed E-state index contributed by atoms with van der Waals surface area (Å²) in [6.07, 6.45) is 0. The van der Waals surface area contributed by atoms with E-state index >= 15 is 0 Å². The molecule has 24 heavy (non-hydrogen) atoms. The molecule has 0 aromatic heterocycles. The molecule has 0 bridgehead atoms. The van der Waals surface area contributed by atoms with Gasteiger partial charge in [-0.2, -0.15) is 0 Å². The van der Waals surface area contributed by atoms with Crippen molar-refractivity contribution >= 4 is 11.6 Å². The number of nitrogens with one attached hydrogen (secondary N) is 1. The fourth-order valence-corrected chi connectivity index (χ4v) is 2.59. The quantitative estimate of drug-likeness (QED) is 0.822. The highest BCUT2D eigenvalue weighted by molar-refractivity contribution is 5.92. The predicted octanol–water partition coefficient (Wildman–Crippen LogP) is 3.35. The van der Waals surface area contributed by atoms with Gasteiger partial charge in [-0.25, -0.2) is 0 Å². The van der Waals surface area contributed by atoms with Gasteiger partial charge in [0.25, 0.3) is 0 Å². The molecule has 6 heteroatoms. The Labute approximate surface area is 141 Å². The Bertz CT molecular complexity index is 770. The highest BCUT2D eigenvalue weighted by atomic mass is 16.5. The lowest BCUT2D eigenvalue weighted by molar-refractivity contribution is -0.114. The zero-order chi connectivity index (χ0) is 17.9. The third-order valence-electron chi connectivity index (χ3n) is 3.65. The van der Waals surface area contributed by atoms with Crippen LogP contribution in [0.4, 0.5) is 5.69 Å². The van der Waals surface area contributed by atoms with Crippen LogP contribution in [0.25, 0.3) is 11.1 Å². The second-order valence-electron chi connectivity index (χ2n) is 5.25. The van der Waals surface area contributed by atoms with Crippen LogP contribution in [-0.4, -0.2) is 32.3 Å². The first-order valence-corrected chi connectivity index (χ1v) is 7.33. The van der Waals surface area contributed by atoms with Gasteiger partial charge in [-0.3, -0.25) is 4.79 Å². The maximum atomic E-state index is 11.2. The fraction of sp³-hybridized carbons (Fsp3) is 0.278. The normalized spacial score (nSPS) is 10.2. The smallest absolute Gasteiger partial charge is 0.221 e. The standard InChI is InChI=1S/C18H21NO5/c1-10-8-14(19-11(2)20)15(21)9-13(10)12-6-7-16(22-3)18(24-5)17(12)23-4/h6-9,21H,1-5H3,(H,19,20). The summed E-state index contributed by atoms with van der Waals surface area (Å²) in [6, 6.07) is 6.90. The van der Waals surface area contributed by atoms with Crippen LogP contribution in [-0.2, 0) is 4.79 Å². The molecular formula is C18H21NO5. The fourth-order valence-electron chi connectivity index (χ4n) is 2.59. The number of benzene rings is 2. The largest absolute Gasteiger partial charge is 0.506 e. The summed E-state index contributed by atoms with van der Waals surface area (Å²) in [7, 11) is 4.63. The van der Waals surface area contributed by atoms with E-state index in [2.05, 4.69) is 5.32 Å². The van der Waals surface area contributed by atoms with Crippen molar-refractivity contribution in [3.63, 3.8) is 0 Å². The first kappa shape index (κ1) is 17.5. The number of anilines is 1. The minimum absolute atomic E-state index is 0.0253. The molecule has 1 amide bonds. The lowest BCUT2D eigenvalue weighted by Gasteiger charge is -2.18. The van der Waals surface area contributed by atoms with Crippen molar-refractivity contribution in [2.75, 3.05) is 26.6 Å². The molecular weight excluding hydrogens is 310 g/mol. The van der Waals surface area contributed by atoms with Gasteiger partial charge in [0.1, 0.15) is 5.75 Å². The molecule has 0 saturated carbocycles. The molecule has 0 radical (unpaired) electrons. The number of hydrogen-bond acceptors (Lipinski definition) is 5. The number of methoxy groups -OCH3 is 3. The van der Waals surface area contributed by atoms with Gasteiger partial charge >= 0.3 is 0 Å². The molecule has 128 valence electrons. The van der Waals surface area contributed by atoms with Gasteiger partial charge in [-0.05, 0) is 42.3 Å². The molecule has 0 atom stereocenters. The van der Waals surface area contributed by atoms with Gasteiger partial charge in [-0.1, -0.05) is 0 Å². The number of hydrogen-bond donors (Lipinski definition) is 2. The number of amides is 1. The van der Waals surface area contributed by atoms with Crippen molar-refractivity contribution in [2.24, 2.45) is 0 Å². The van der Waals surface area contributed by atoms with Gasteiger partial charge in [0.15, 0.2) is 11.5 Å². The van der Waals surface area contributed by atoms with Gasteiger partial charge in [0.2, 0.25) is 11.7 Å². The Morgan fingerprint density at radius 3 is 2.21 bits per heavy atom. The molecule has 0 fully saturated rings. The Hall–Kier alpha value is -2.89. The maximum Gasteiger partial charge on any atom is 0.221 e. The van der Waals surface area contributed by atoms with E-state index in [4.69, 9.17) is 14.2 Å². The zero-order valence-corrected chi connectivity index (χ0v) is 14.4. The summed E-state index contributed by atoms with van der Waals surface area (Å²) in [4.78, 5) is 11.2. The Kier molecular flexibility index (Phi) is 5.18. The summed E-state index contributed by atoms with van der Waals surface area (Å²) in [5, 5.41) is 12.8. The number of carbonyl (C=O) groups excluding carboxylic acids is 1. The van der Waals surface area contributed by atoms with E-state index in [1.807, 2.05) is 13.0 Å². The summed E-state index contributed by atoms with van der Waals surface area (Å²) >= 11 is 0. The van der Waals surface area contributed by atoms with Crippen molar-refractivity contribution in [1.82, 2.24) is 0 Å². The molecule has 2 aromatic carbocycles. The molecule has 2 N–H and O–H groups in total. The number of ether oxygens (including phenoxy) is 3. The Morgan fingerprint density at radius 2 is 1.67 bits per heavy atom. The predicted molar refractivity (Wildman–Crippen MR) is 92.2 cm³/mol. The molecule has 0 aliphatic rings. The molecule has 0 aliphatic carbocycles. The lowest BCUT2D eigenvalue weighted by atomic mass is 9.97. The van der Waals surface area contributed by atoms with Crippen LogP contribution in [0.2, 0.25) is 0 Å². The van der Waals surface area contributed by atoms with Crippen LogP contribution in [0.15, 0.2) is 24.3 Å². The molecule has 0 heterocycles. The van der Waals surface area contributed by atoms with E-state index < -0.39 is 0 Å². The van der Waals surface area contributed by atoms with Gasteiger partial charge in [0, 0.05) is 12.5 Å². The SMILES string of the molecule is COc1ccc(-c2cc(O)c(NC(C)=O)cc2C)c(OC)c1OC. The molecule has 2 rings (SSSR count). The third-order valence-corrected chi connectivity index (χ3v) is 3.65. The van der Waals surface area contributed by atoms with Crippen molar-refractivity contribution in [3.8, 4) is 34.1 Å². The Morgan fingerprint density at radius 1 is 1.00 bits per heavy atom. The van der Waals surface area contributed by atoms with Crippen molar-refractivity contribution in [1.29, 1.82) is 0 Å². The topological polar surface area (TPSA) is 77.0 Å². The highest BCUT2D eigenvalue weighted by Gasteiger charge is 2.19. The summed E-state index contributed by atoms with van der Waals surface area (Å²) < 4.78 is 16.2. The molecule has 0 aliphatic heterocycles. The number of aromatic hydroxyl groups is 1. The average Bonchev–Trinajstić information content (AvgIpc) is 2.55. The average molecular weight is 331 g/mol. The van der Waals surface area contributed by atoms with Crippen LogP contribution in [0.3, 0.4) is 0 Å². The first-order chi connectivity index (χ1) is 11.4. The monoisotopic (exact) mass is 331 g/mol. The van der Waals surface area contributed by atoms with Crippen molar-refractivity contribution < 1.29 is 24.1 Å². The number of phenols is 1. The van der Waals surface area contributed by atoms with E-state index in [-0.39, 0.29) is 11.7 Å². The van der Waals surface area contributed by atoms with Crippen LogP contribution in [0.5, 0.6) is 23.0 Å². The minimum atomic E-state index is -0.249. The minimum Gasteiger partial charge on any atom is -0.506 e. The van der Waals surface area contributed by atoms with Gasteiger partial charge in [0.05, 0.1) is 27.0 Å². The highest BCUT2D eigenvalue weighted by Crippen LogP contribution is 2.46. The van der Waals surface area contributed by atoms with Gasteiger partial charge in [-0.15, -0.1) is 0 Å². The number of carbonyl (C=O) groups is 1. The molecule has 0 unspecified atom stereocenters. The van der Waals surface area contributed by atoms with E-state index in [0.29, 0.717) is 22.9 Å². The second-order valence-corrected chi connectivity index (χ2v) is 5.25. The Balaban J connectivity index is 2.64. The number of phenolic OH excluding ortho intramolecular Hbond substituents is 1. The van der Waals surface area contributed by atoms with Gasteiger partial charge < -0.3 is 24.6 Å². The summed E-state index contributed by atoms with van der Waals surface area (Å²) in [5.41, 5.74) is 2.74. The molecule has 0 saturated heterocycles. The number of rotatable bonds is 5. The van der Waals surface area contributed by atoms with E-state index in [9.17, 15) is 9.90 Å². The molecule has 6 nitrogen and oxygen atoms in total.